The molecule has 0 aromatic heterocycles. The first-order valence-corrected chi connectivity index (χ1v) is 15.6. The van der Waals surface area contributed by atoms with Crippen LogP contribution in [-0.4, -0.2) is 6.71 Å². The van der Waals surface area contributed by atoms with Crippen molar-refractivity contribution in [2.24, 2.45) is 0 Å². The number of fused-ring (bicyclic) bond motifs is 4. The van der Waals surface area contributed by atoms with Gasteiger partial charge in [-0.2, -0.15) is 13.2 Å². The van der Waals surface area contributed by atoms with Crippen LogP contribution in [0.1, 0.15) is 54.7 Å². The summed E-state index contributed by atoms with van der Waals surface area (Å²) in [6.45, 7) is 2.11. The minimum atomic E-state index is -4.39. The topological polar surface area (TPSA) is 6.48 Å². The zero-order valence-corrected chi connectivity index (χ0v) is 24.6. The number of para-hydroxylation sites is 2. The zero-order chi connectivity index (χ0) is 30.0. The lowest BCUT2D eigenvalue weighted by Gasteiger charge is -2.44. The number of rotatable bonds is 3. The summed E-state index contributed by atoms with van der Waals surface area (Å²) in [6.07, 6.45) is 1.62. The summed E-state index contributed by atoms with van der Waals surface area (Å²) >= 11 is 0. The van der Waals surface area contributed by atoms with Crippen molar-refractivity contribution in [1.29, 1.82) is 0 Å². The van der Waals surface area contributed by atoms with E-state index in [4.69, 9.17) is 0 Å². The lowest BCUT2D eigenvalue weighted by atomic mass is 9.33. The quantitative estimate of drug-likeness (QED) is 0.191. The third kappa shape index (κ3) is 4.34. The van der Waals surface area contributed by atoms with Crippen LogP contribution in [0.15, 0.2) is 109 Å². The molecular formula is C38H32BF3N2. The first-order chi connectivity index (χ1) is 21.4. The highest BCUT2D eigenvalue weighted by Gasteiger charge is 2.43. The van der Waals surface area contributed by atoms with E-state index >= 15 is 0 Å². The molecule has 0 N–H and O–H groups in total. The Hall–Kier alpha value is -4.45. The molecule has 2 heterocycles. The van der Waals surface area contributed by atoms with Crippen molar-refractivity contribution >= 4 is 57.2 Å². The molecule has 5 aromatic rings. The molecule has 0 spiro atoms. The Morgan fingerprint density at radius 1 is 0.614 bits per heavy atom. The summed E-state index contributed by atoms with van der Waals surface area (Å²) in [5.74, 6) is 0.451. The Bertz CT molecular complexity index is 1860. The summed E-state index contributed by atoms with van der Waals surface area (Å²) in [7, 11) is 0. The van der Waals surface area contributed by atoms with Crippen molar-refractivity contribution in [3.63, 3.8) is 0 Å². The average molecular weight is 584 g/mol. The number of hydrogen-bond donors (Lipinski definition) is 0. The van der Waals surface area contributed by atoms with Gasteiger partial charge in [-0.05, 0) is 108 Å². The fraction of sp³-hybridized carbons (Fsp3) is 0.211. The monoisotopic (exact) mass is 584 g/mol. The van der Waals surface area contributed by atoms with Gasteiger partial charge in [0.2, 0.25) is 0 Å². The SMILES string of the molecule is Cc1ccc(N2c3ccccc3B3c4ccccc4N(c4ccc(C(F)(F)F)cc4)c4cc(C5CCCCC5)cc2c43)cc1. The van der Waals surface area contributed by atoms with Gasteiger partial charge in [-0.1, -0.05) is 73.4 Å². The first kappa shape index (κ1) is 27.1. The predicted molar refractivity (Wildman–Crippen MR) is 176 cm³/mol. The molecule has 3 aliphatic rings. The summed E-state index contributed by atoms with van der Waals surface area (Å²) in [6, 6.07) is 36.2. The molecule has 1 fully saturated rings. The number of halogens is 3. The molecule has 0 amide bonds. The van der Waals surface area contributed by atoms with E-state index in [1.54, 1.807) is 12.1 Å². The van der Waals surface area contributed by atoms with Crippen molar-refractivity contribution in [3.8, 4) is 0 Å². The molecule has 6 heteroatoms. The molecule has 218 valence electrons. The van der Waals surface area contributed by atoms with Crippen molar-refractivity contribution in [1.82, 2.24) is 0 Å². The second kappa shape index (κ2) is 10.3. The molecule has 5 aromatic carbocycles. The van der Waals surface area contributed by atoms with Crippen LogP contribution in [0.4, 0.5) is 47.3 Å². The summed E-state index contributed by atoms with van der Waals surface area (Å²) < 4.78 is 40.8. The number of alkyl halides is 3. The van der Waals surface area contributed by atoms with Gasteiger partial charge in [0, 0.05) is 34.1 Å². The van der Waals surface area contributed by atoms with Crippen LogP contribution in [0, 0.1) is 6.92 Å². The van der Waals surface area contributed by atoms with Gasteiger partial charge in [-0.15, -0.1) is 0 Å². The number of nitrogens with zero attached hydrogens (tertiary/aromatic N) is 2. The predicted octanol–water partition coefficient (Wildman–Crippen LogP) is 9.14. The van der Waals surface area contributed by atoms with Crippen LogP contribution in [-0.2, 0) is 6.18 Å². The lowest BCUT2D eigenvalue weighted by molar-refractivity contribution is -0.137. The van der Waals surface area contributed by atoms with Gasteiger partial charge in [0.1, 0.15) is 0 Å². The minimum absolute atomic E-state index is 0.000188. The number of aryl methyl sites for hydroxylation is 1. The maximum Gasteiger partial charge on any atom is 0.416 e. The Labute approximate surface area is 256 Å². The van der Waals surface area contributed by atoms with E-state index in [1.165, 1.54) is 59.1 Å². The van der Waals surface area contributed by atoms with E-state index in [2.05, 4.69) is 95.6 Å². The smallest absolute Gasteiger partial charge is 0.311 e. The molecule has 0 saturated heterocycles. The average Bonchev–Trinajstić information content (AvgIpc) is 3.05. The molecular weight excluding hydrogens is 552 g/mol. The van der Waals surface area contributed by atoms with Gasteiger partial charge in [-0.25, -0.2) is 0 Å². The van der Waals surface area contributed by atoms with Crippen molar-refractivity contribution in [3.05, 3.63) is 126 Å². The highest BCUT2D eigenvalue weighted by atomic mass is 19.4. The van der Waals surface area contributed by atoms with Gasteiger partial charge in [-0.3, -0.25) is 0 Å². The standard InChI is InChI=1S/C38H32BF3N2/c1-25-15-19-29(20-16-25)43-33-13-7-5-11-31(33)39-32-12-6-8-14-34(32)44(30-21-17-28(18-22-30)38(40,41)42)36-24-27(23-35(43)37(36)39)26-9-3-2-4-10-26/h5-8,11-24,26H,2-4,9-10H2,1H3. The van der Waals surface area contributed by atoms with Crippen molar-refractivity contribution in [2.45, 2.75) is 51.1 Å². The number of anilines is 6. The Morgan fingerprint density at radius 2 is 1.11 bits per heavy atom. The Morgan fingerprint density at radius 3 is 1.64 bits per heavy atom. The second-order valence-electron chi connectivity index (χ2n) is 12.4. The Balaban J connectivity index is 1.43. The van der Waals surface area contributed by atoms with Crippen molar-refractivity contribution < 1.29 is 13.2 Å². The van der Waals surface area contributed by atoms with Gasteiger partial charge in [0.05, 0.1) is 5.56 Å². The molecule has 2 aliphatic heterocycles. The van der Waals surface area contributed by atoms with E-state index in [9.17, 15) is 13.2 Å². The van der Waals surface area contributed by atoms with Crippen molar-refractivity contribution in [2.75, 3.05) is 9.80 Å². The van der Waals surface area contributed by atoms with E-state index in [0.717, 1.165) is 46.7 Å². The van der Waals surface area contributed by atoms with E-state index in [0.29, 0.717) is 5.92 Å². The molecule has 1 saturated carbocycles. The highest BCUT2D eigenvalue weighted by Crippen LogP contribution is 2.47. The van der Waals surface area contributed by atoms with Gasteiger partial charge >= 0.3 is 6.18 Å². The summed E-state index contributed by atoms with van der Waals surface area (Å²) in [5, 5.41) is 0. The molecule has 0 radical (unpaired) electrons. The second-order valence-corrected chi connectivity index (χ2v) is 12.4. The summed E-state index contributed by atoms with van der Waals surface area (Å²) in [4.78, 5) is 4.59. The molecule has 0 bridgehead atoms. The van der Waals surface area contributed by atoms with Gasteiger partial charge in [0.15, 0.2) is 0 Å². The maximum atomic E-state index is 13.6. The molecule has 0 unspecified atom stereocenters. The minimum Gasteiger partial charge on any atom is -0.311 e. The van der Waals surface area contributed by atoms with Crippen LogP contribution in [0.5, 0.6) is 0 Å². The van der Waals surface area contributed by atoms with E-state index < -0.39 is 11.7 Å². The van der Waals surface area contributed by atoms with Crippen LogP contribution in [0.25, 0.3) is 0 Å². The van der Waals surface area contributed by atoms with Gasteiger partial charge in [0.25, 0.3) is 6.71 Å². The molecule has 1 aliphatic carbocycles. The molecule has 8 rings (SSSR count). The van der Waals surface area contributed by atoms with Crippen LogP contribution in [0.2, 0.25) is 0 Å². The van der Waals surface area contributed by atoms with Crippen LogP contribution in [0.3, 0.4) is 0 Å². The van der Waals surface area contributed by atoms with E-state index in [-0.39, 0.29) is 6.71 Å². The van der Waals surface area contributed by atoms with E-state index in [1.807, 2.05) is 6.07 Å². The molecule has 44 heavy (non-hydrogen) atoms. The molecule has 2 nitrogen and oxygen atoms in total. The third-order valence-electron chi connectivity index (χ3n) is 9.73. The van der Waals surface area contributed by atoms with Crippen LogP contribution < -0.4 is 26.2 Å². The fourth-order valence-corrected chi connectivity index (χ4v) is 7.64. The molecule has 0 atom stereocenters. The zero-order valence-electron chi connectivity index (χ0n) is 24.6. The summed E-state index contributed by atoms with van der Waals surface area (Å²) in [5.41, 5.74) is 11.7. The maximum absolute atomic E-state index is 13.6. The van der Waals surface area contributed by atoms with Crippen LogP contribution >= 0.6 is 0 Å². The number of hydrogen-bond acceptors (Lipinski definition) is 2. The fourth-order valence-electron chi connectivity index (χ4n) is 7.64. The number of benzene rings is 5. The third-order valence-corrected chi connectivity index (χ3v) is 9.73. The largest absolute Gasteiger partial charge is 0.416 e. The lowest BCUT2D eigenvalue weighted by Crippen LogP contribution is -2.61. The highest BCUT2D eigenvalue weighted by molar-refractivity contribution is 7.00. The first-order valence-electron chi connectivity index (χ1n) is 15.6. The normalized spacial score (nSPS) is 16.0. The van der Waals surface area contributed by atoms with Gasteiger partial charge < -0.3 is 9.80 Å². The Kier molecular flexibility index (Phi) is 6.37.